The molecule has 0 radical (unpaired) electrons. The molecular weight excluding hydrogens is 276 g/mol. The van der Waals surface area contributed by atoms with Gasteiger partial charge in [0.2, 0.25) is 0 Å². The summed E-state index contributed by atoms with van der Waals surface area (Å²) < 4.78 is 0.840. The van der Waals surface area contributed by atoms with Crippen LogP contribution in [0.3, 0.4) is 0 Å². The van der Waals surface area contributed by atoms with Crippen molar-refractivity contribution >= 4 is 27.3 Å². The van der Waals surface area contributed by atoms with Crippen LogP contribution in [0.1, 0.15) is 24.3 Å². The van der Waals surface area contributed by atoms with E-state index in [2.05, 4.69) is 25.8 Å². The first kappa shape index (κ1) is 10.2. The zero-order valence-electron chi connectivity index (χ0n) is 8.32. The Bertz CT molecular complexity index is 383. The minimum Gasteiger partial charge on any atom is -0.381 e. The van der Waals surface area contributed by atoms with Crippen molar-refractivity contribution in [3.05, 3.63) is 15.0 Å². The van der Waals surface area contributed by atoms with Gasteiger partial charge in [0.05, 0.1) is 0 Å². The highest BCUT2D eigenvalue weighted by molar-refractivity contribution is 9.10. The molecule has 3 nitrogen and oxygen atoms in total. The van der Waals surface area contributed by atoms with Gasteiger partial charge < -0.3 is 5.11 Å². The molecule has 1 aromatic rings. The van der Waals surface area contributed by atoms with Crippen LogP contribution < -0.4 is 0 Å². The lowest BCUT2D eigenvalue weighted by atomic mass is 9.93. The first-order chi connectivity index (χ1) is 7.20. The number of aromatic nitrogens is 1. The van der Waals surface area contributed by atoms with Crippen LogP contribution in [0.2, 0.25) is 0 Å². The van der Waals surface area contributed by atoms with Crippen molar-refractivity contribution < 1.29 is 5.11 Å². The smallest absolute Gasteiger partial charge is 0.133 e. The Balaban J connectivity index is 1.96. The monoisotopic (exact) mass is 288 g/mol. The highest BCUT2D eigenvalue weighted by Crippen LogP contribution is 2.44. The highest BCUT2D eigenvalue weighted by Gasteiger charge is 2.50. The Labute approximate surface area is 101 Å². The molecule has 2 fully saturated rings. The summed E-state index contributed by atoms with van der Waals surface area (Å²) in [6.45, 7) is 2.15. The van der Waals surface area contributed by atoms with Crippen LogP contribution in [-0.2, 0) is 5.60 Å². The highest BCUT2D eigenvalue weighted by atomic mass is 79.9. The second-order valence-corrected chi connectivity index (χ2v) is 6.01. The fraction of sp³-hybridized carbons (Fsp3) is 0.700. The van der Waals surface area contributed by atoms with Gasteiger partial charge in [-0.1, -0.05) is 0 Å². The Kier molecular flexibility index (Phi) is 2.39. The average molecular weight is 289 g/mol. The Morgan fingerprint density at radius 3 is 3.20 bits per heavy atom. The standard InChI is InChI=1S/C10H13BrN2OS/c11-8-6-15-9(12-8)10(14)3-5-13-4-1-2-7(10)13/h6-7,14H,1-5H2. The molecule has 2 atom stereocenters. The van der Waals surface area contributed by atoms with Gasteiger partial charge in [0, 0.05) is 18.0 Å². The molecule has 1 aromatic heterocycles. The Morgan fingerprint density at radius 2 is 2.47 bits per heavy atom. The molecule has 2 saturated heterocycles. The lowest BCUT2D eigenvalue weighted by molar-refractivity contribution is 0.00909. The lowest BCUT2D eigenvalue weighted by Gasteiger charge is -2.27. The minimum absolute atomic E-state index is 0.301. The third-order valence-electron chi connectivity index (χ3n) is 3.54. The fourth-order valence-electron chi connectivity index (χ4n) is 2.82. The number of hydrogen-bond donors (Lipinski definition) is 1. The quantitative estimate of drug-likeness (QED) is 0.858. The number of halogens is 1. The number of rotatable bonds is 1. The van der Waals surface area contributed by atoms with Crippen molar-refractivity contribution in [3.8, 4) is 0 Å². The van der Waals surface area contributed by atoms with Gasteiger partial charge >= 0.3 is 0 Å². The molecule has 2 aliphatic rings. The number of aliphatic hydroxyl groups is 1. The maximum absolute atomic E-state index is 10.7. The summed E-state index contributed by atoms with van der Waals surface area (Å²) in [5.74, 6) is 0. The second kappa shape index (κ2) is 3.52. The minimum atomic E-state index is -0.687. The van der Waals surface area contributed by atoms with Crippen LogP contribution in [0, 0.1) is 0 Å². The van der Waals surface area contributed by atoms with Crippen LogP contribution in [0.5, 0.6) is 0 Å². The molecule has 0 spiro atoms. The summed E-state index contributed by atoms with van der Waals surface area (Å²) in [6.07, 6.45) is 3.14. The summed E-state index contributed by atoms with van der Waals surface area (Å²) >= 11 is 4.91. The zero-order chi connectivity index (χ0) is 10.5. The van der Waals surface area contributed by atoms with E-state index in [9.17, 15) is 5.11 Å². The van der Waals surface area contributed by atoms with E-state index in [4.69, 9.17) is 0 Å². The molecule has 15 heavy (non-hydrogen) atoms. The predicted molar refractivity (Wildman–Crippen MR) is 62.9 cm³/mol. The molecule has 2 aliphatic heterocycles. The van der Waals surface area contributed by atoms with Gasteiger partial charge in [0.1, 0.15) is 15.2 Å². The third kappa shape index (κ3) is 1.48. The van der Waals surface area contributed by atoms with Crippen LogP contribution in [-0.4, -0.2) is 34.1 Å². The predicted octanol–water partition coefficient (Wildman–Crippen LogP) is 1.96. The van der Waals surface area contributed by atoms with Gasteiger partial charge in [0.25, 0.3) is 0 Å². The van der Waals surface area contributed by atoms with Crippen molar-refractivity contribution in [2.45, 2.75) is 30.9 Å². The molecule has 0 aromatic carbocycles. The molecular formula is C10H13BrN2OS. The topological polar surface area (TPSA) is 36.4 Å². The molecule has 2 unspecified atom stereocenters. The Morgan fingerprint density at radius 1 is 1.60 bits per heavy atom. The van der Waals surface area contributed by atoms with Gasteiger partial charge in [-0.2, -0.15) is 0 Å². The van der Waals surface area contributed by atoms with Gasteiger partial charge in [-0.25, -0.2) is 4.98 Å². The molecule has 3 heterocycles. The molecule has 0 bridgehead atoms. The van der Waals surface area contributed by atoms with Crippen molar-refractivity contribution in [3.63, 3.8) is 0 Å². The summed E-state index contributed by atoms with van der Waals surface area (Å²) in [6, 6.07) is 0.301. The molecule has 0 amide bonds. The van der Waals surface area contributed by atoms with Gasteiger partial charge in [0.15, 0.2) is 0 Å². The van der Waals surface area contributed by atoms with Gasteiger partial charge in [-0.05, 0) is 41.7 Å². The summed E-state index contributed by atoms with van der Waals surface area (Å²) in [5.41, 5.74) is -0.687. The first-order valence-corrected chi connectivity index (χ1v) is 6.95. The second-order valence-electron chi connectivity index (χ2n) is 4.34. The summed E-state index contributed by atoms with van der Waals surface area (Å²) in [5, 5.41) is 13.6. The van der Waals surface area contributed by atoms with Crippen LogP contribution in [0.4, 0.5) is 0 Å². The third-order valence-corrected chi connectivity index (χ3v) is 5.26. The van der Waals surface area contributed by atoms with Crippen molar-refractivity contribution in [2.24, 2.45) is 0 Å². The Hall–Kier alpha value is 0.0300. The average Bonchev–Trinajstić information content (AvgIpc) is 2.85. The number of nitrogens with zero attached hydrogens (tertiary/aromatic N) is 2. The normalized spacial score (nSPS) is 36.0. The maximum Gasteiger partial charge on any atom is 0.133 e. The van der Waals surface area contributed by atoms with E-state index < -0.39 is 5.60 Å². The summed E-state index contributed by atoms with van der Waals surface area (Å²) in [4.78, 5) is 6.78. The molecule has 1 N–H and O–H groups in total. The van der Waals surface area contributed by atoms with E-state index in [1.165, 1.54) is 6.42 Å². The number of fused-ring (bicyclic) bond motifs is 1. The molecule has 82 valence electrons. The number of hydrogen-bond acceptors (Lipinski definition) is 4. The van der Waals surface area contributed by atoms with Crippen molar-refractivity contribution in [2.75, 3.05) is 13.1 Å². The fourth-order valence-corrected chi connectivity index (χ4v) is 4.25. The zero-order valence-corrected chi connectivity index (χ0v) is 10.7. The molecule has 0 saturated carbocycles. The van der Waals surface area contributed by atoms with Gasteiger partial charge in [-0.3, -0.25) is 4.90 Å². The molecule has 0 aliphatic carbocycles. The SMILES string of the molecule is OC1(c2nc(Br)cs2)CCN2CCCC21. The number of thiazole rings is 1. The molecule has 3 rings (SSSR count). The van der Waals surface area contributed by atoms with E-state index >= 15 is 0 Å². The van der Waals surface area contributed by atoms with E-state index in [1.54, 1.807) is 11.3 Å². The van der Waals surface area contributed by atoms with E-state index in [0.717, 1.165) is 35.5 Å². The van der Waals surface area contributed by atoms with Crippen LogP contribution >= 0.6 is 27.3 Å². The summed E-state index contributed by atoms with van der Waals surface area (Å²) in [7, 11) is 0. The van der Waals surface area contributed by atoms with E-state index in [1.807, 2.05) is 5.38 Å². The van der Waals surface area contributed by atoms with E-state index in [0.29, 0.717) is 6.04 Å². The van der Waals surface area contributed by atoms with Crippen LogP contribution in [0.15, 0.2) is 9.98 Å². The van der Waals surface area contributed by atoms with Crippen molar-refractivity contribution in [1.82, 2.24) is 9.88 Å². The largest absolute Gasteiger partial charge is 0.381 e. The molecule has 5 heteroatoms. The van der Waals surface area contributed by atoms with Crippen LogP contribution in [0.25, 0.3) is 0 Å². The maximum atomic E-state index is 10.7. The first-order valence-electron chi connectivity index (χ1n) is 5.28. The van der Waals surface area contributed by atoms with E-state index in [-0.39, 0.29) is 0 Å². The van der Waals surface area contributed by atoms with Crippen molar-refractivity contribution in [1.29, 1.82) is 0 Å². The lowest BCUT2D eigenvalue weighted by Crippen LogP contribution is -2.38. The van der Waals surface area contributed by atoms with Gasteiger partial charge in [-0.15, -0.1) is 11.3 Å².